The number of nitrogens with two attached hydrogens (primary N) is 1. The van der Waals surface area contributed by atoms with Crippen LogP contribution in [0, 0.1) is 0 Å². The molecule has 5 nitrogen and oxygen atoms in total. The van der Waals surface area contributed by atoms with E-state index in [2.05, 4.69) is 22.2 Å². The summed E-state index contributed by atoms with van der Waals surface area (Å²) in [5.74, 6) is 0.158. The number of carbonyl (C=O) groups is 1. The lowest BCUT2D eigenvalue weighted by Crippen LogP contribution is -2.44. The molecule has 2 fully saturated rings. The van der Waals surface area contributed by atoms with Gasteiger partial charge in [0.25, 0.3) is 0 Å². The van der Waals surface area contributed by atoms with Crippen LogP contribution < -0.4 is 11.1 Å². The molecule has 1 aliphatic heterocycles. The Morgan fingerprint density at radius 1 is 1.42 bits per heavy atom. The lowest BCUT2D eigenvalue weighted by atomic mass is 10.1. The number of hydrogen-bond acceptors (Lipinski definition) is 4. The van der Waals surface area contributed by atoms with Gasteiger partial charge in [-0.1, -0.05) is 0 Å². The number of rotatable bonds is 8. The SMILES string of the molecule is CN(CCN1CCCC1)C(CN)CC(=O)NC1CC1. The molecule has 0 spiro atoms. The Bertz CT molecular complexity index is 287. The van der Waals surface area contributed by atoms with Crippen LogP contribution in [-0.4, -0.2) is 67.6 Å². The fraction of sp³-hybridized carbons (Fsp3) is 0.929. The Labute approximate surface area is 116 Å². The molecule has 1 unspecified atom stereocenters. The summed E-state index contributed by atoms with van der Waals surface area (Å²) in [6.45, 7) is 5.09. The zero-order valence-corrected chi connectivity index (χ0v) is 12.1. The van der Waals surface area contributed by atoms with E-state index in [-0.39, 0.29) is 11.9 Å². The van der Waals surface area contributed by atoms with Crippen molar-refractivity contribution in [1.82, 2.24) is 15.1 Å². The number of amides is 1. The molecule has 1 saturated heterocycles. The van der Waals surface area contributed by atoms with E-state index >= 15 is 0 Å². The fourth-order valence-corrected chi connectivity index (χ4v) is 2.64. The molecule has 0 aromatic heterocycles. The van der Waals surface area contributed by atoms with Gasteiger partial charge in [0.2, 0.25) is 5.91 Å². The van der Waals surface area contributed by atoms with E-state index in [1.807, 2.05) is 0 Å². The molecule has 1 atom stereocenters. The van der Waals surface area contributed by atoms with Crippen LogP contribution >= 0.6 is 0 Å². The monoisotopic (exact) mass is 268 g/mol. The van der Waals surface area contributed by atoms with E-state index in [4.69, 9.17) is 5.73 Å². The second-order valence-electron chi connectivity index (χ2n) is 5.96. The molecule has 2 rings (SSSR count). The van der Waals surface area contributed by atoms with Gasteiger partial charge >= 0.3 is 0 Å². The van der Waals surface area contributed by atoms with Crippen molar-refractivity contribution in [3.05, 3.63) is 0 Å². The molecule has 2 aliphatic rings. The summed E-state index contributed by atoms with van der Waals surface area (Å²) in [4.78, 5) is 16.6. The van der Waals surface area contributed by atoms with Crippen LogP contribution in [0.2, 0.25) is 0 Å². The molecule has 0 aromatic carbocycles. The third kappa shape index (κ3) is 5.09. The Balaban J connectivity index is 1.67. The van der Waals surface area contributed by atoms with Gasteiger partial charge in [-0.25, -0.2) is 0 Å². The van der Waals surface area contributed by atoms with E-state index in [9.17, 15) is 4.79 Å². The average molecular weight is 268 g/mol. The number of nitrogens with zero attached hydrogens (tertiary/aromatic N) is 2. The first-order valence-corrected chi connectivity index (χ1v) is 7.61. The van der Waals surface area contributed by atoms with E-state index in [1.54, 1.807) is 0 Å². The molecule has 1 aliphatic carbocycles. The van der Waals surface area contributed by atoms with Gasteiger partial charge in [0.15, 0.2) is 0 Å². The molecule has 1 heterocycles. The molecule has 0 radical (unpaired) electrons. The predicted molar refractivity (Wildman–Crippen MR) is 76.9 cm³/mol. The Morgan fingerprint density at radius 3 is 2.68 bits per heavy atom. The van der Waals surface area contributed by atoms with Gasteiger partial charge < -0.3 is 20.9 Å². The number of likely N-dealkylation sites (tertiary alicyclic amines) is 1. The summed E-state index contributed by atoms with van der Waals surface area (Å²) in [5, 5.41) is 3.04. The maximum atomic E-state index is 11.8. The van der Waals surface area contributed by atoms with Crippen molar-refractivity contribution in [3.63, 3.8) is 0 Å². The maximum absolute atomic E-state index is 11.8. The molecule has 1 saturated carbocycles. The van der Waals surface area contributed by atoms with Gasteiger partial charge in [-0.3, -0.25) is 4.79 Å². The number of likely N-dealkylation sites (N-methyl/N-ethyl adjacent to an activating group) is 1. The normalized spacial score (nSPS) is 21.8. The van der Waals surface area contributed by atoms with E-state index in [0.717, 1.165) is 25.9 Å². The molecule has 0 aromatic rings. The van der Waals surface area contributed by atoms with E-state index in [1.165, 1.54) is 25.9 Å². The number of nitrogens with one attached hydrogen (secondary N) is 1. The van der Waals surface area contributed by atoms with Crippen LogP contribution in [0.4, 0.5) is 0 Å². The summed E-state index contributed by atoms with van der Waals surface area (Å²) in [5.41, 5.74) is 5.82. The maximum Gasteiger partial charge on any atom is 0.221 e. The van der Waals surface area contributed by atoms with Crippen LogP contribution in [0.3, 0.4) is 0 Å². The lowest BCUT2D eigenvalue weighted by molar-refractivity contribution is -0.122. The predicted octanol–water partition coefficient (Wildman–Crippen LogP) is 0.0100. The average Bonchev–Trinajstić information content (AvgIpc) is 3.05. The Kier molecular flexibility index (Phi) is 5.60. The molecule has 110 valence electrons. The smallest absolute Gasteiger partial charge is 0.221 e. The van der Waals surface area contributed by atoms with Gasteiger partial charge in [0.1, 0.15) is 0 Å². The quantitative estimate of drug-likeness (QED) is 0.651. The van der Waals surface area contributed by atoms with Crippen LogP contribution in [0.15, 0.2) is 0 Å². The van der Waals surface area contributed by atoms with Crippen molar-refractivity contribution in [2.24, 2.45) is 5.73 Å². The molecular weight excluding hydrogens is 240 g/mol. The highest BCUT2D eigenvalue weighted by Crippen LogP contribution is 2.19. The molecule has 3 N–H and O–H groups in total. The first kappa shape index (κ1) is 14.8. The molecule has 1 amide bonds. The van der Waals surface area contributed by atoms with Crippen molar-refractivity contribution in [3.8, 4) is 0 Å². The first-order valence-electron chi connectivity index (χ1n) is 7.61. The Morgan fingerprint density at radius 2 is 2.11 bits per heavy atom. The summed E-state index contributed by atoms with van der Waals surface area (Å²) >= 11 is 0. The van der Waals surface area contributed by atoms with Gasteiger partial charge in [-0.05, 0) is 45.8 Å². The highest BCUT2D eigenvalue weighted by atomic mass is 16.1. The van der Waals surface area contributed by atoms with Gasteiger partial charge in [-0.2, -0.15) is 0 Å². The third-order valence-electron chi connectivity index (χ3n) is 4.23. The molecule has 5 heteroatoms. The standard InChI is InChI=1S/C14H28N4O/c1-17(8-9-18-6-2-3-7-18)13(11-15)10-14(19)16-12-4-5-12/h12-13H,2-11,15H2,1H3,(H,16,19). The van der Waals surface area contributed by atoms with Crippen molar-refractivity contribution in [1.29, 1.82) is 0 Å². The van der Waals surface area contributed by atoms with Crippen LogP contribution in [0.25, 0.3) is 0 Å². The largest absolute Gasteiger partial charge is 0.353 e. The van der Waals surface area contributed by atoms with Crippen molar-refractivity contribution in [2.75, 3.05) is 39.8 Å². The van der Waals surface area contributed by atoms with E-state index < -0.39 is 0 Å². The molecule has 19 heavy (non-hydrogen) atoms. The topological polar surface area (TPSA) is 61.6 Å². The lowest BCUT2D eigenvalue weighted by Gasteiger charge is -2.28. The van der Waals surface area contributed by atoms with Gasteiger partial charge in [0.05, 0.1) is 0 Å². The van der Waals surface area contributed by atoms with Crippen LogP contribution in [0.5, 0.6) is 0 Å². The van der Waals surface area contributed by atoms with Crippen molar-refractivity contribution in [2.45, 2.75) is 44.2 Å². The third-order valence-corrected chi connectivity index (χ3v) is 4.23. The summed E-state index contributed by atoms with van der Waals surface area (Å²) in [7, 11) is 2.08. The summed E-state index contributed by atoms with van der Waals surface area (Å²) < 4.78 is 0. The summed E-state index contributed by atoms with van der Waals surface area (Å²) in [6, 6.07) is 0.613. The Hall–Kier alpha value is -0.650. The minimum absolute atomic E-state index is 0.158. The summed E-state index contributed by atoms with van der Waals surface area (Å²) in [6.07, 6.45) is 5.47. The van der Waals surface area contributed by atoms with Crippen molar-refractivity contribution < 1.29 is 4.79 Å². The zero-order chi connectivity index (χ0) is 13.7. The second-order valence-corrected chi connectivity index (χ2v) is 5.96. The van der Waals surface area contributed by atoms with Gasteiger partial charge in [-0.15, -0.1) is 0 Å². The van der Waals surface area contributed by atoms with Crippen LogP contribution in [-0.2, 0) is 4.79 Å². The van der Waals surface area contributed by atoms with Gasteiger partial charge in [0, 0.05) is 38.1 Å². The van der Waals surface area contributed by atoms with E-state index in [0.29, 0.717) is 19.0 Å². The zero-order valence-electron chi connectivity index (χ0n) is 12.1. The highest BCUT2D eigenvalue weighted by molar-refractivity contribution is 5.77. The van der Waals surface area contributed by atoms with Crippen LogP contribution in [0.1, 0.15) is 32.1 Å². The highest BCUT2D eigenvalue weighted by Gasteiger charge is 2.25. The second kappa shape index (κ2) is 7.22. The number of hydrogen-bond donors (Lipinski definition) is 2. The number of carbonyl (C=O) groups excluding carboxylic acids is 1. The first-order chi connectivity index (χ1) is 9.19. The minimum Gasteiger partial charge on any atom is -0.353 e. The molecular formula is C14H28N4O. The van der Waals surface area contributed by atoms with Crippen molar-refractivity contribution >= 4 is 5.91 Å². The molecule has 0 bridgehead atoms. The minimum atomic E-state index is 0.158. The fourth-order valence-electron chi connectivity index (χ4n) is 2.64.